The molecule has 5 aromatic carbocycles. The largest absolute Gasteiger partial charge is 0.0809 e. The topological polar surface area (TPSA) is 0 Å². The summed E-state index contributed by atoms with van der Waals surface area (Å²) in [6.07, 6.45) is 0. The molecule has 0 fully saturated rings. The molecule has 268 valence electrons. The first-order valence-electron chi connectivity index (χ1n) is 18.5. The summed E-state index contributed by atoms with van der Waals surface area (Å²) in [7, 11) is -8.71. The van der Waals surface area contributed by atoms with Gasteiger partial charge in [-0.05, 0) is 47.0 Å². The van der Waals surface area contributed by atoms with Gasteiger partial charge in [0.05, 0.1) is 32.3 Å². The van der Waals surface area contributed by atoms with Crippen molar-refractivity contribution in [2.45, 2.75) is 78.6 Å². The van der Waals surface area contributed by atoms with Crippen molar-refractivity contribution in [3.63, 3.8) is 0 Å². The van der Waals surface area contributed by atoms with E-state index >= 15 is 0 Å². The van der Waals surface area contributed by atoms with Gasteiger partial charge in [-0.1, -0.05) is 239 Å². The molecule has 0 nitrogen and oxygen atoms in total. The summed E-state index contributed by atoms with van der Waals surface area (Å²) >= 11 is 0. The molecule has 0 spiro atoms. The summed E-state index contributed by atoms with van der Waals surface area (Å²) in [6.45, 7) is 27.5. The van der Waals surface area contributed by atoms with Crippen LogP contribution in [0.2, 0.25) is 78.6 Å². The molecule has 0 amide bonds. The van der Waals surface area contributed by atoms with Gasteiger partial charge in [0.1, 0.15) is 0 Å². The average Bonchev–Trinajstić information content (AvgIpc) is 3.07. The lowest BCUT2D eigenvalue weighted by Crippen LogP contribution is -2.54. The Balaban J connectivity index is 2.41. The molecule has 5 aromatic rings. The summed E-state index contributed by atoms with van der Waals surface area (Å²) in [5, 5.41) is 7.94. The number of hydrogen-bond acceptors (Lipinski definition) is 0. The highest BCUT2D eigenvalue weighted by molar-refractivity contribution is 8.77. The van der Waals surface area contributed by atoms with Crippen LogP contribution >= 0.6 is 20.4 Å². The first kappa shape index (κ1) is 40.2. The van der Waals surface area contributed by atoms with E-state index in [0.717, 1.165) is 0 Å². The molecule has 51 heavy (non-hydrogen) atoms. The molecule has 0 aliphatic carbocycles. The van der Waals surface area contributed by atoms with Crippen LogP contribution in [0.15, 0.2) is 152 Å². The average molecular weight is 795 g/mol. The van der Waals surface area contributed by atoms with Crippen molar-refractivity contribution in [2.24, 2.45) is 0 Å². The monoisotopic (exact) mass is 794 g/mol. The van der Waals surface area contributed by atoms with E-state index in [2.05, 4.69) is 230 Å². The second kappa shape index (κ2) is 15.4. The van der Waals surface area contributed by atoms with E-state index < -0.39 is 52.7 Å². The second-order valence-corrected chi connectivity index (χ2v) is 54.2. The Hall–Kier alpha value is -2.00. The predicted molar refractivity (Wildman–Crippen MR) is 255 cm³/mol. The van der Waals surface area contributed by atoms with Gasteiger partial charge < -0.3 is 0 Å². The maximum atomic E-state index is 2.69. The summed E-state index contributed by atoms with van der Waals surface area (Å²) in [5.41, 5.74) is 0. The minimum absolute atomic E-state index is 0.905. The van der Waals surface area contributed by atoms with Crippen LogP contribution in [0.1, 0.15) is 0 Å². The molecule has 0 aromatic heterocycles. The van der Waals surface area contributed by atoms with E-state index in [9.17, 15) is 0 Å². The minimum Gasteiger partial charge on any atom is -0.0809 e. The van der Waals surface area contributed by atoms with Crippen LogP contribution in [0.4, 0.5) is 0 Å². The van der Waals surface area contributed by atoms with Crippen molar-refractivity contribution in [3.8, 4) is 0 Å². The Morgan fingerprint density at radius 2 is 0.510 bits per heavy atom. The first-order valence-corrected chi connectivity index (χ1v) is 38.8. The van der Waals surface area contributed by atoms with Crippen LogP contribution in [-0.4, -0.2) is 41.4 Å². The van der Waals surface area contributed by atoms with Gasteiger partial charge >= 0.3 is 0 Å². The molecule has 0 saturated heterocycles. The maximum absolute atomic E-state index is 2.69. The Morgan fingerprint density at radius 3 is 0.706 bits per heavy atom. The molecule has 0 radical (unpaired) electrons. The Labute approximate surface area is 316 Å². The van der Waals surface area contributed by atoms with Gasteiger partial charge in [-0.2, -0.15) is 0 Å². The molecule has 0 heterocycles. The fourth-order valence-corrected chi connectivity index (χ4v) is 88.6. The van der Waals surface area contributed by atoms with Crippen molar-refractivity contribution < 1.29 is 0 Å². The lowest BCUT2D eigenvalue weighted by atomic mass is 10.4. The van der Waals surface area contributed by atoms with Gasteiger partial charge in [-0.3, -0.25) is 0 Å². The quantitative estimate of drug-likeness (QED) is 0.0923. The van der Waals surface area contributed by atoms with Crippen molar-refractivity contribution in [1.29, 1.82) is 0 Å². The van der Waals surface area contributed by atoms with Crippen LogP contribution < -0.4 is 26.5 Å². The SMILES string of the molecule is C[Si](C)(C)C([Si](C)(C)C)=P(c1ccccc1)(c1ccccc1)P(c1ccccc1)P(=C([Si](C)(C)C)[Si](C)(C)C)(c1ccccc1)c1ccccc1. The van der Waals surface area contributed by atoms with E-state index in [1.54, 1.807) is 26.5 Å². The molecule has 0 aliphatic heterocycles. The summed E-state index contributed by atoms with van der Waals surface area (Å²) < 4.78 is 3.99. The second-order valence-electron chi connectivity index (χ2n) is 17.9. The molecule has 0 unspecified atom stereocenters. The van der Waals surface area contributed by atoms with Crippen LogP contribution in [0, 0.1) is 0 Å². The van der Waals surface area contributed by atoms with Crippen molar-refractivity contribution >= 4 is 88.3 Å². The van der Waals surface area contributed by atoms with Crippen molar-refractivity contribution in [1.82, 2.24) is 0 Å². The third-order valence-electron chi connectivity index (χ3n) is 9.56. The predicted octanol–water partition coefficient (Wildman–Crippen LogP) is 11.8. The van der Waals surface area contributed by atoms with Gasteiger partial charge in [0.25, 0.3) is 0 Å². The molecular formula is C44H61P3Si4. The van der Waals surface area contributed by atoms with Crippen LogP contribution in [0.5, 0.6) is 0 Å². The zero-order valence-corrected chi connectivity index (χ0v) is 40.0. The number of hydrogen-bond donors (Lipinski definition) is 0. The Bertz CT molecular complexity index is 1770. The van der Waals surface area contributed by atoms with E-state index in [-0.39, 0.29) is 0 Å². The molecule has 0 saturated carbocycles. The molecule has 0 atom stereocenters. The molecule has 0 aliphatic rings. The standard InChI is InChI=1S/C44H61P3Si4/c1-48(2,3)43(49(4,5)6)46(39-30-20-14-21-31-39,40-32-22-15-23-33-40)45(38-28-18-13-19-29-38)47(41-34-24-16-25-35-41,42-36-26-17-27-37-42)44(50(7,8)9)51(10,11)12/h13-37H,1-12H3. The molecule has 5 rings (SSSR count). The Kier molecular flexibility index (Phi) is 12.1. The molecule has 0 N–H and O–H groups in total. The Morgan fingerprint density at radius 1 is 0.314 bits per heavy atom. The highest BCUT2D eigenvalue weighted by Crippen LogP contribution is 2.94. The van der Waals surface area contributed by atoms with E-state index in [1.165, 1.54) is 0 Å². The normalized spacial score (nSPS) is 13.3. The highest BCUT2D eigenvalue weighted by Gasteiger charge is 2.53. The molecule has 7 heteroatoms. The summed E-state index contributed by atoms with van der Waals surface area (Å²) in [4.78, 5) is 0. The van der Waals surface area contributed by atoms with Crippen LogP contribution in [0.3, 0.4) is 0 Å². The number of benzene rings is 5. The van der Waals surface area contributed by atoms with Gasteiger partial charge in [0.15, 0.2) is 0 Å². The van der Waals surface area contributed by atoms with E-state index in [4.69, 9.17) is 0 Å². The third kappa shape index (κ3) is 7.81. The zero-order chi connectivity index (χ0) is 37.3. The lowest BCUT2D eigenvalue weighted by molar-refractivity contribution is 1.75. The lowest BCUT2D eigenvalue weighted by Gasteiger charge is -2.54. The van der Waals surface area contributed by atoms with Gasteiger partial charge in [0, 0.05) is 0 Å². The molecule has 0 bridgehead atoms. The number of rotatable bonds is 11. The smallest absolute Gasteiger partial charge is 0.0695 e. The fourth-order valence-electron chi connectivity index (χ4n) is 9.32. The van der Waals surface area contributed by atoms with Gasteiger partial charge in [-0.15, -0.1) is 0 Å². The summed E-state index contributed by atoms with van der Waals surface area (Å²) in [5.74, 6) is 0. The van der Waals surface area contributed by atoms with Gasteiger partial charge in [-0.25, -0.2) is 0 Å². The first-order chi connectivity index (χ1) is 23.9. The van der Waals surface area contributed by atoms with E-state index in [0.29, 0.717) is 0 Å². The summed E-state index contributed by atoms with van der Waals surface area (Å²) in [6, 6.07) is 60.4. The van der Waals surface area contributed by atoms with Crippen molar-refractivity contribution in [3.05, 3.63) is 152 Å². The van der Waals surface area contributed by atoms with Crippen LogP contribution in [-0.2, 0) is 0 Å². The highest BCUT2D eigenvalue weighted by atomic mass is 32.5. The maximum Gasteiger partial charge on any atom is 0.0695 e. The van der Waals surface area contributed by atoms with Gasteiger partial charge in [0.2, 0.25) is 0 Å². The van der Waals surface area contributed by atoms with E-state index in [1.807, 2.05) is 9.08 Å². The zero-order valence-electron chi connectivity index (χ0n) is 33.3. The molecular weight excluding hydrogens is 734 g/mol. The third-order valence-corrected chi connectivity index (χ3v) is 59.5. The minimum atomic E-state index is -2.35. The fraction of sp³-hybridized carbons (Fsp3) is 0.273. The van der Waals surface area contributed by atoms with Crippen molar-refractivity contribution in [2.75, 3.05) is 0 Å². The van der Waals surface area contributed by atoms with Crippen LogP contribution in [0.25, 0.3) is 0 Å².